The molecule has 0 bridgehead atoms. The number of nitrogens with zero attached hydrogens (tertiary/aromatic N) is 3. The fraction of sp³-hybridized carbons (Fsp3) is 0.385. The molecule has 0 atom stereocenters. The highest BCUT2D eigenvalue weighted by molar-refractivity contribution is 7.89. The summed E-state index contributed by atoms with van der Waals surface area (Å²) >= 11 is 0. The van der Waals surface area contributed by atoms with Crippen molar-refractivity contribution < 1.29 is 31.9 Å². The van der Waals surface area contributed by atoms with Crippen LogP contribution in [0.1, 0.15) is 53.7 Å². The van der Waals surface area contributed by atoms with Gasteiger partial charge < -0.3 is 14.0 Å². The van der Waals surface area contributed by atoms with Crippen molar-refractivity contribution in [2.75, 3.05) is 18.9 Å². The molecule has 0 spiro atoms. The second kappa shape index (κ2) is 11.0. The van der Waals surface area contributed by atoms with E-state index in [9.17, 15) is 27.2 Å². The molecular weight excluding hydrogens is 517 g/mol. The lowest BCUT2D eigenvalue weighted by Crippen LogP contribution is -2.37. The summed E-state index contributed by atoms with van der Waals surface area (Å²) in [7, 11) is -1.95. The Bertz CT molecular complexity index is 1580. The maximum absolute atomic E-state index is 14.1. The number of ether oxygens (including phenoxy) is 2. The largest absolute Gasteiger partial charge is 0.462 e. The molecule has 0 unspecified atom stereocenters. The average molecular weight is 546 g/mol. The summed E-state index contributed by atoms with van der Waals surface area (Å²) < 4.78 is 52.0. The van der Waals surface area contributed by atoms with Crippen LogP contribution in [0.4, 0.5) is 4.39 Å². The second-order valence-corrected chi connectivity index (χ2v) is 11.1. The number of halogens is 1. The van der Waals surface area contributed by atoms with E-state index in [4.69, 9.17) is 9.47 Å². The van der Waals surface area contributed by atoms with E-state index in [1.165, 1.54) is 34.2 Å². The van der Waals surface area contributed by atoms with Crippen LogP contribution in [-0.2, 0) is 39.6 Å². The summed E-state index contributed by atoms with van der Waals surface area (Å²) in [6.45, 7) is 3.17. The minimum Gasteiger partial charge on any atom is -0.462 e. The van der Waals surface area contributed by atoms with Gasteiger partial charge in [-0.25, -0.2) is 17.6 Å². The Hall–Kier alpha value is -3.64. The lowest BCUT2D eigenvalue weighted by molar-refractivity contribution is -0.131. The van der Waals surface area contributed by atoms with E-state index in [2.05, 4.69) is 4.98 Å². The third-order valence-electron chi connectivity index (χ3n) is 6.33. The van der Waals surface area contributed by atoms with Gasteiger partial charge in [0.1, 0.15) is 11.3 Å². The number of hydrogen-bond acceptors (Lipinski definition) is 8. The minimum atomic E-state index is -3.41. The number of carbonyl (C=O) groups excluding carboxylic acids is 2. The molecule has 1 aliphatic rings. The molecule has 1 fully saturated rings. The zero-order chi connectivity index (χ0) is 27.6. The molecule has 1 aliphatic heterocycles. The van der Waals surface area contributed by atoms with Crippen molar-refractivity contribution in [2.45, 2.75) is 39.7 Å². The molecule has 0 saturated carbocycles. The molecule has 202 valence electrons. The first-order valence-electron chi connectivity index (χ1n) is 12.1. The highest BCUT2D eigenvalue weighted by Crippen LogP contribution is 2.29. The first kappa shape index (κ1) is 27.4. The fourth-order valence-electron chi connectivity index (χ4n) is 4.48. The van der Waals surface area contributed by atoms with E-state index in [-0.39, 0.29) is 36.6 Å². The van der Waals surface area contributed by atoms with Crippen LogP contribution in [0.2, 0.25) is 0 Å². The van der Waals surface area contributed by atoms with Crippen molar-refractivity contribution in [3.63, 3.8) is 0 Å². The van der Waals surface area contributed by atoms with Crippen LogP contribution in [0.15, 0.2) is 35.3 Å². The number of esters is 2. The smallest absolute Gasteiger partial charge is 0.347 e. The Morgan fingerprint density at radius 2 is 1.92 bits per heavy atom. The molecule has 1 aromatic carbocycles. The molecule has 1 saturated heterocycles. The number of aromatic nitrogens is 2. The Morgan fingerprint density at radius 1 is 1.16 bits per heavy atom. The molecular formula is C26H28FN3O7S. The summed E-state index contributed by atoms with van der Waals surface area (Å²) in [5, 5.41) is 0. The molecule has 0 N–H and O–H groups in total. The van der Waals surface area contributed by atoms with Crippen molar-refractivity contribution in [3.05, 3.63) is 68.9 Å². The van der Waals surface area contributed by atoms with Crippen molar-refractivity contribution in [1.29, 1.82) is 0 Å². The van der Waals surface area contributed by atoms with E-state index in [0.29, 0.717) is 35.2 Å². The van der Waals surface area contributed by atoms with Crippen molar-refractivity contribution in [1.82, 2.24) is 13.9 Å². The normalized spacial score (nSPS) is 15.4. The van der Waals surface area contributed by atoms with Gasteiger partial charge in [-0.3, -0.25) is 14.6 Å². The number of sulfonamides is 1. The number of fused-ring (bicyclic) bond motifs is 1. The molecule has 4 rings (SSSR count). The summed E-state index contributed by atoms with van der Waals surface area (Å²) in [4.78, 5) is 41.8. The van der Waals surface area contributed by atoms with Gasteiger partial charge in [-0.05, 0) is 61.1 Å². The first-order chi connectivity index (χ1) is 18.0. The van der Waals surface area contributed by atoms with Gasteiger partial charge in [-0.15, -0.1) is 0 Å². The van der Waals surface area contributed by atoms with Crippen LogP contribution < -0.4 is 10.3 Å². The SMILES string of the molecule is CCOC(=O)c1c(OC(C)=O)c2ncc(Cc3ccc(F)cc3CN3CCCCS3(=O)=O)cc2n(C)c1=O. The summed E-state index contributed by atoms with van der Waals surface area (Å²) in [6, 6.07) is 5.89. The van der Waals surface area contributed by atoms with Crippen molar-refractivity contribution >= 4 is 33.0 Å². The number of hydrogen-bond donors (Lipinski definition) is 0. The Labute approximate surface area is 219 Å². The van der Waals surface area contributed by atoms with E-state index in [0.717, 1.165) is 13.3 Å². The zero-order valence-corrected chi connectivity index (χ0v) is 22.1. The summed E-state index contributed by atoms with van der Waals surface area (Å²) in [5.74, 6) is -2.35. The Morgan fingerprint density at radius 3 is 2.61 bits per heavy atom. The number of pyridine rings is 2. The molecule has 10 nitrogen and oxygen atoms in total. The minimum absolute atomic E-state index is 0.0185. The van der Waals surface area contributed by atoms with Gasteiger partial charge in [0, 0.05) is 33.3 Å². The van der Waals surface area contributed by atoms with E-state index in [1.54, 1.807) is 19.1 Å². The summed E-state index contributed by atoms with van der Waals surface area (Å²) in [5.41, 5.74) is 1.14. The van der Waals surface area contributed by atoms with Gasteiger partial charge in [-0.2, -0.15) is 4.31 Å². The standard InChI is InChI=1S/C26H28FN3O7S/c1-4-36-26(33)22-24(37-16(2)31)23-21(29(3)25(22)32)12-17(14-28-23)11-18-7-8-20(27)13-19(18)15-30-9-5-6-10-38(30,34)35/h7-8,12-14H,4-6,9-11,15H2,1-3H3. The van der Waals surface area contributed by atoms with E-state index >= 15 is 0 Å². The Kier molecular flexibility index (Phi) is 7.93. The maximum Gasteiger partial charge on any atom is 0.347 e. The quantitative estimate of drug-likeness (QED) is 0.415. The van der Waals surface area contributed by atoms with Crippen molar-refractivity contribution in [2.24, 2.45) is 7.05 Å². The highest BCUT2D eigenvalue weighted by Gasteiger charge is 2.28. The predicted molar refractivity (Wildman–Crippen MR) is 137 cm³/mol. The molecule has 0 radical (unpaired) electrons. The topological polar surface area (TPSA) is 125 Å². The molecule has 12 heteroatoms. The van der Waals surface area contributed by atoms with Gasteiger partial charge in [0.2, 0.25) is 10.0 Å². The van der Waals surface area contributed by atoms with Crippen LogP contribution >= 0.6 is 0 Å². The van der Waals surface area contributed by atoms with E-state index in [1.807, 2.05) is 0 Å². The zero-order valence-electron chi connectivity index (χ0n) is 21.3. The highest BCUT2D eigenvalue weighted by atomic mass is 32.2. The number of carbonyl (C=O) groups is 2. The number of benzene rings is 1. The molecule has 0 amide bonds. The average Bonchev–Trinajstić information content (AvgIpc) is 2.85. The third-order valence-corrected chi connectivity index (χ3v) is 8.24. The molecule has 3 heterocycles. The predicted octanol–water partition coefficient (Wildman–Crippen LogP) is 2.69. The molecule has 38 heavy (non-hydrogen) atoms. The van der Waals surface area contributed by atoms with Gasteiger partial charge in [0.05, 0.1) is 17.9 Å². The van der Waals surface area contributed by atoms with E-state index < -0.39 is 38.9 Å². The summed E-state index contributed by atoms with van der Waals surface area (Å²) in [6.07, 6.45) is 3.11. The Balaban J connectivity index is 1.77. The molecule has 3 aromatic rings. The van der Waals surface area contributed by atoms with Gasteiger partial charge in [0.15, 0.2) is 11.3 Å². The second-order valence-electron chi connectivity index (χ2n) is 9.04. The van der Waals surface area contributed by atoms with Crippen LogP contribution in [0.25, 0.3) is 11.0 Å². The molecule has 0 aliphatic carbocycles. The number of rotatable bonds is 7. The third kappa shape index (κ3) is 5.60. The van der Waals surface area contributed by atoms with Gasteiger partial charge >= 0.3 is 11.9 Å². The van der Waals surface area contributed by atoms with Gasteiger partial charge in [0.25, 0.3) is 5.56 Å². The first-order valence-corrected chi connectivity index (χ1v) is 13.7. The fourth-order valence-corrected chi connectivity index (χ4v) is 6.05. The lowest BCUT2D eigenvalue weighted by atomic mass is 9.99. The molecule has 2 aromatic heterocycles. The van der Waals surface area contributed by atoms with Crippen LogP contribution in [0.3, 0.4) is 0 Å². The van der Waals surface area contributed by atoms with Crippen LogP contribution in [-0.4, -0.2) is 53.1 Å². The van der Waals surface area contributed by atoms with Crippen LogP contribution in [0, 0.1) is 5.82 Å². The van der Waals surface area contributed by atoms with Crippen molar-refractivity contribution in [3.8, 4) is 5.75 Å². The monoisotopic (exact) mass is 545 g/mol. The van der Waals surface area contributed by atoms with Gasteiger partial charge in [-0.1, -0.05) is 6.07 Å². The van der Waals surface area contributed by atoms with Crippen LogP contribution in [0.5, 0.6) is 5.75 Å². The number of aryl methyl sites for hydroxylation is 1. The lowest BCUT2D eigenvalue weighted by Gasteiger charge is -2.27. The maximum atomic E-state index is 14.1.